The molecule has 2 aliphatic rings. The lowest BCUT2D eigenvalue weighted by Crippen LogP contribution is -2.60. The Balaban J connectivity index is 1.39. The second-order valence-electron chi connectivity index (χ2n) is 9.15. The first-order valence-electron chi connectivity index (χ1n) is 11.9. The van der Waals surface area contributed by atoms with Crippen molar-refractivity contribution in [3.05, 3.63) is 42.6 Å². The molecule has 0 saturated carbocycles. The van der Waals surface area contributed by atoms with E-state index in [-0.39, 0.29) is 31.0 Å². The monoisotopic (exact) mass is 503 g/mol. The van der Waals surface area contributed by atoms with Crippen LogP contribution in [0.3, 0.4) is 0 Å². The number of carbonyl (C=O) groups excluding carboxylic acids is 2. The molecule has 2 saturated heterocycles. The van der Waals surface area contributed by atoms with Crippen molar-refractivity contribution in [1.29, 1.82) is 0 Å². The highest BCUT2D eigenvalue weighted by Crippen LogP contribution is 2.33. The van der Waals surface area contributed by atoms with Crippen molar-refractivity contribution in [3.8, 4) is 0 Å². The van der Waals surface area contributed by atoms with Crippen LogP contribution in [0.15, 0.2) is 42.6 Å². The molecule has 10 nitrogen and oxygen atoms in total. The number of benzene rings is 1. The summed E-state index contributed by atoms with van der Waals surface area (Å²) in [5.74, 6) is -2.70. The molecule has 4 rings (SSSR count). The number of anilines is 3. The van der Waals surface area contributed by atoms with Crippen LogP contribution < -0.4 is 15.5 Å². The van der Waals surface area contributed by atoms with Crippen molar-refractivity contribution in [2.75, 3.05) is 55.8 Å². The molecule has 194 valence electrons. The fourth-order valence-corrected chi connectivity index (χ4v) is 4.30. The second kappa shape index (κ2) is 11.0. The first kappa shape index (κ1) is 25.5. The number of hydrogen-bond donors (Lipinski definition) is 2. The molecule has 12 heteroatoms. The lowest BCUT2D eigenvalue weighted by Gasteiger charge is -2.42. The maximum absolute atomic E-state index is 14.8. The Labute approximate surface area is 208 Å². The first-order chi connectivity index (χ1) is 17.2. The topological polar surface area (TPSA) is 103 Å². The van der Waals surface area contributed by atoms with Gasteiger partial charge in [-0.1, -0.05) is 18.2 Å². The maximum atomic E-state index is 14.8. The van der Waals surface area contributed by atoms with Gasteiger partial charge >= 0.3 is 12.1 Å². The number of nitrogens with one attached hydrogen (secondary N) is 2. The number of alkyl halides is 2. The van der Waals surface area contributed by atoms with Gasteiger partial charge in [-0.2, -0.15) is 4.98 Å². The fourth-order valence-electron chi connectivity index (χ4n) is 4.30. The van der Waals surface area contributed by atoms with E-state index in [1.54, 1.807) is 35.2 Å². The van der Waals surface area contributed by atoms with E-state index in [4.69, 9.17) is 4.74 Å². The van der Waals surface area contributed by atoms with Crippen molar-refractivity contribution in [2.24, 2.45) is 0 Å². The number of rotatable bonds is 5. The number of carbonyl (C=O) groups is 2. The Bertz CT molecular complexity index is 1050. The number of likely N-dealkylation sites (tertiary alicyclic amines) is 1. The van der Waals surface area contributed by atoms with Gasteiger partial charge in [-0.05, 0) is 38.1 Å². The van der Waals surface area contributed by atoms with Crippen LogP contribution in [0.2, 0.25) is 0 Å². The summed E-state index contributed by atoms with van der Waals surface area (Å²) in [4.78, 5) is 38.3. The number of ether oxygens (including phenoxy) is 1. The Morgan fingerprint density at radius 3 is 2.56 bits per heavy atom. The van der Waals surface area contributed by atoms with Gasteiger partial charge in [0.05, 0.1) is 0 Å². The predicted molar refractivity (Wildman–Crippen MR) is 131 cm³/mol. The van der Waals surface area contributed by atoms with E-state index in [2.05, 4.69) is 25.5 Å². The lowest BCUT2D eigenvalue weighted by atomic mass is 10.00. The SMILES string of the molecule is CN1CCC(OC(=O)Nc2ccnc(N3CCC(F)(F)[C@@H](N(C)C(=O)Nc4ccccc4)C3)n2)CC1. The molecule has 2 N–H and O–H groups in total. The Hall–Kier alpha value is -3.54. The number of nitrogens with zero attached hydrogens (tertiary/aromatic N) is 5. The molecule has 0 radical (unpaired) electrons. The molecule has 0 aliphatic carbocycles. The largest absolute Gasteiger partial charge is 0.446 e. The van der Waals surface area contributed by atoms with E-state index in [1.165, 1.54) is 19.3 Å². The fraction of sp³-hybridized carbons (Fsp3) is 0.500. The Morgan fingerprint density at radius 1 is 1.11 bits per heavy atom. The molecule has 1 atom stereocenters. The van der Waals surface area contributed by atoms with Crippen molar-refractivity contribution in [2.45, 2.75) is 37.3 Å². The number of halogens is 2. The summed E-state index contributed by atoms with van der Waals surface area (Å²) < 4.78 is 35.2. The quantitative estimate of drug-likeness (QED) is 0.644. The molecular formula is C24H31F2N7O3. The first-order valence-corrected chi connectivity index (χ1v) is 11.9. The number of piperidine rings is 2. The van der Waals surface area contributed by atoms with E-state index in [1.807, 2.05) is 7.05 Å². The average molecular weight is 504 g/mol. The summed E-state index contributed by atoms with van der Waals surface area (Å²) in [7, 11) is 3.37. The van der Waals surface area contributed by atoms with Crippen LogP contribution in [0, 0.1) is 0 Å². The minimum atomic E-state index is -3.09. The number of likely N-dealkylation sites (N-methyl/N-ethyl adjacent to an activating group) is 1. The zero-order valence-corrected chi connectivity index (χ0v) is 20.4. The van der Waals surface area contributed by atoms with Gasteiger partial charge in [-0.15, -0.1) is 0 Å². The Kier molecular flexibility index (Phi) is 7.82. The van der Waals surface area contributed by atoms with E-state index < -0.39 is 30.5 Å². The third kappa shape index (κ3) is 6.36. The summed E-state index contributed by atoms with van der Waals surface area (Å²) >= 11 is 0. The van der Waals surface area contributed by atoms with Crippen molar-refractivity contribution in [3.63, 3.8) is 0 Å². The molecule has 3 amide bonds. The van der Waals surface area contributed by atoms with Crippen molar-refractivity contribution < 1.29 is 23.1 Å². The third-order valence-electron chi connectivity index (χ3n) is 6.50. The van der Waals surface area contributed by atoms with Gasteiger partial charge in [-0.3, -0.25) is 5.32 Å². The molecule has 0 unspecified atom stereocenters. The maximum Gasteiger partial charge on any atom is 0.413 e. The van der Waals surface area contributed by atoms with Crippen LogP contribution in [0.5, 0.6) is 0 Å². The molecule has 1 aromatic heterocycles. The summed E-state index contributed by atoms with van der Waals surface area (Å²) in [5, 5.41) is 5.24. The smallest absolute Gasteiger partial charge is 0.413 e. The Morgan fingerprint density at radius 2 is 1.83 bits per heavy atom. The predicted octanol–water partition coefficient (Wildman–Crippen LogP) is 3.50. The highest BCUT2D eigenvalue weighted by molar-refractivity contribution is 5.89. The van der Waals surface area contributed by atoms with Crippen LogP contribution in [0.4, 0.5) is 35.8 Å². The van der Waals surface area contributed by atoms with Gasteiger partial charge in [0.25, 0.3) is 5.92 Å². The molecule has 3 heterocycles. The number of aromatic nitrogens is 2. The third-order valence-corrected chi connectivity index (χ3v) is 6.50. The molecule has 2 aromatic rings. The van der Waals surface area contributed by atoms with E-state index in [0.29, 0.717) is 5.69 Å². The lowest BCUT2D eigenvalue weighted by molar-refractivity contribution is -0.0760. The number of hydrogen-bond acceptors (Lipinski definition) is 7. The molecule has 2 fully saturated rings. The van der Waals surface area contributed by atoms with Gasteiger partial charge in [-0.25, -0.2) is 23.4 Å². The van der Waals surface area contributed by atoms with E-state index in [0.717, 1.165) is 30.8 Å². The van der Waals surface area contributed by atoms with E-state index in [9.17, 15) is 18.4 Å². The highest BCUT2D eigenvalue weighted by Gasteiger charge is 2.48. The van der Waals surface area contributed by atoms with Crippen LogP contribution in [-0.2, 0) is 4.74 Å². The van der Waals surface area contributed by atoms with Crippen LogP contribution in [-0.4, -0.2) is 90.2 Å². The van der Waals surface area contributed by atoms with Gasteiger partial charge < -0.3 is 24.8 Å². The standard InChI is InChI=1S/C24H31F2N7O3/c1-31-13-9-18(10-14-31)36-23(35)30-20-8-12-27-21(29-20)33-15-11-24(25,26)19(16-33)32(2)22(34)28-17-6-4-3-5-7-17/h3-8,12,18-19H,9-11,13-16H2,1-2H3,(H,28,34)(H,27,29,30,35)/t19-/m0/s1. The minimum Gasteiger partial charge on any atom is -0.446 e. The molecule has 1 aromatic carbocycles. The summed E-state index contributed by atoms with van der Waals surface area (Å²) in [6.45, 7) is 1.54. The molecule has 0 bridgehead atoms. The minimum absolute atomic E-state index is 0.00113. The van der Waals surface area contributed by atoms with Crippen LogP contribution >= 0.6 is 0 Å². The number of para-hydroxylation sites is 1. The molecule has 2 aliphatic heterocycles. The van der Waals surface area contributed by atoms with Gasteiger partial charge in [0.15, 0.2) is 0 Å². The average Bonchev–Trinajstić information content (AvgIpc) is 2.85. The number of urea groups is 1. The van der Waals surface area contributed by atoms with Crippen LogP contribution in [0.25, 0.3) is 0 Å². The van der Waals surface area contributed by atoms with E-state index >= 15 is 0 Å². The summed E-state index contributed by atoms with van der Waals surface area (Å²) in [6, 6.07) is 8.12. The van der Waals surface area contributed by atoms with Crippen molar-refractivity contribution in [1.82, 2.24) is 19.8 Å². The zero-order chi connectivity index (χ0) is 25.7. The molecular weight excluding hydrogens is 472 g/mol. The van der Waals surface area contributed by atoms with Gasteiger partial charge in [0.1, 0.15) is 18.0 Å². The summed E-state index contributed by atoms with van der Waals surface area (Å²) in [6.07, 6.45) is 1.71. The highest BCUT2D eigenvalue weighted by atomic mass is 19.3. The molecule has 36 heavy (non-hydrogen) atoms. The summed E-state index contributed by atoms with van der Waals surface area (Å²) in [5.41, 5.74) is 0.513. The zero-order valence-electron chi connectivity index (χ0n) is 20.4. The van der Waals surface area contributed by atoms with Crippen molar-refractivity contribution >= 4 is 29.6 Å². The van der Waals surface area contributed by atoms with Gasteiger partial charge in [0, 0.05) is 51.5 Å². The normalized spacial score (nSPS) is 20.4. The second-order valence-corrected chi connectivity index (χ2v) is 9.15. The molecule has 0 spiro atoms. The number of amides is 3. The van der Waals surface area contributed by atoms with Gasteiger partial charge in [0.2, 0.25) is 5.95 Å². The van der Waals surface area contributed by atoms with Crippen LogP contribution in [0.1, 0.15) is 19.3 Å².